The lowest BCUT2D eigenvalue weighted by Gasteiger charge is -2.36. The Morgan fingerprint density at radius 3 is 2.50 bits per heavy atom. The van der Waals surface area contributed by atoms with Crippen molar-refractivity contribution in [2.24, 2.45) is 5.92 Å². The van der Waals surface area contributed by atoms with Crippen molar-refractivity contribution < 1.29 is 18.7 Å². The average Bonchev–Trinajstić information content (AvgIpc) is 3.30. The van der Waals surface area contributed by atoms with Crippen molar-refractivity contribution in [1.29, 1.82) is 0 Å². The first-order chi connectivity index (χ1) is 16.3. The molecule has 34 heavy (non-hydrogen) atoms. The number of ether oxygens (including phenoxy) is 1. The lowest BCUT2D eigenvalue weighted by atomic mass is 9.73. The third kappa shape index (κ3) is 5.77. The van der Waals surface area contributed by atoms with Gasteiger partial charge in [0.1, 0.15) is 25.4 Å². The highest BCUT2D eigenvalue weighted by atomic mass is 35.5. The molecule has 0 saturated heterocycles. The maximum atomic E-state index is 12.0. The lowest BCUT2D eigenvalue weighted by molar-refractivity contribution is -0.904. The predicted octanol–water partition coefficient (Wildman–Crippen LogP) is 6.45. The number of oxazole rings is 1. The van der Waals surface area contributed by atoms with Gasteiger partial charge in [-0.1, -0.05) is 72.8 Å². The normalized spacial score (nSPS) is 16.9. The Hall–Kier alpha value is -2.05. The summed E-state index contributed by atoms with van der Waals surface area (Å²) in [6.45, 7) is 1.90. The SMILES string of the molecule is C[N+](C)(CCOc1ccc(Cl)c(Cl)c1)Cc1cnc(C(O)(c2ccccc2)C2CCCCC2)o1. The van der Waals surface area contributed by atoms with Gasteiger partial charge in [-0.15, -0.1) is 0 Å². The minimum absolute atomic E-state index is 0.0947. The second kappa shape index (κ2) is 10.7. The van der Waals surface area contributed by atoms with E-state index in [2.05, 4.69) is 19.1 Å². The molecule has 2 aromatic carbocycles. The molecule has 0 radical (unpaired) electrons. The summed E-state index contributed by atoms with van der Waals surface area (Å²) in [7, 11) is 4.23. The second-order valence-electron chi connectivity index (χ2n) is 9.84. The number of halogens is 2. The van der Waals surface area contributed by atoms with E-state index in [0.29, 0.717) is 39.3 Å². The molecule has 1 unspecified atom stereocenters. The van der Waals surface area contributed by atoms with E-state index in [4.69, 9.17) is 32.4 Å². The Bertz CT molecular complexity index is 1080. The Morgan fingerprint density at radius 2 is 1.79 bits per heavy atom. The number of quaternary nitrogens is 1. The molecule has 1 aliphatic carbocycles. The number of hydrogen-bond donors (Lipinski definition) is 1. The molecule has 1 saturated carbocycles. The van der Waals surface area contributed by atoms with E-state index in [1.54, 1.807) is 18.3 Å². The van der Waals surface area contributed by atoms with Crippen LogP contribution >= 0.6 is 23.2 Å². The smallest absolute Gasteiger partial charge is 0.231 e. The monoisotopic (exact) mass is 503 g/mol. The summed E-state index contributed by atoms with van der Waals surface area (Å²) in [6.07, 6.45) is 7.15. The Kier molecular flexibility index (Phi) is 7.88. The minimum atomic E-state index is -1.21. The van der Waals surface area contributed by atoms with Gasteiger partial charge in [0.2, 0.25) is 5.89 Å². The number of aliphatic hydroxyl groups is 1. The van der Waals surface area contributed by atoms with Crippen LogP contribution in [0.25, 0.3) is 0 Å². The number of hydrogen-bond acceptors (Lipinski definition) is 4. The van der Waals surface area contributed by atoms with Crippen LogP contribution in [0.5, 0.6) is 5.75 Å². The van der Waals surface area contributed by atoms with E-state index < -0.39 is 5.60 Å². The fourth-order valence-corrected chi connectivity index (χ4v) is 5.07. The van der Waals surface area contributed by atoms with Crippen molar-refractivity contribution in [3.8, 4) is 5.75 Å². The molecule has 0 amide bonds. The third-order valence-electron chi connectivity index (χ3n) is 6.73. The maximum absolute atomic E-state index is 12.0. The first kappa shape index (κ1) is 25.1. The quantitative estimate of drug-likeness (QED) is 0.340. The third-order valence-corrected chi connectivity index (χ3v) is 7.47. The molecular formula is C27H33Cl2N2O3+. The molecular weight excluding hydrogens is 471 g/mol. The van der Waals surface area contributed by atoms with E-state index in [1.807, 2.05) is 36.4 Å². The summed E-state index contributed by atoms with van der Waals surface area (Å²) in [5, 5.41) is 13.0. The van der Waals surface area contributed by atoms with Gasteiger partial charge in [0.05, 0.1) is 30.3 Å². The first-order valence-electron chi connectivity index (χ1n) is 11.9. The zero-order valence-electron chi connectivity index (χ0n) is 19.8. The summed E-state index contributed by atoms with van der Waals surface area (Å²) in [5.41, 5.74) is -0.368. The first-order valence-corrected chi connectivity index (χ1v) is 12.7. The largest absolute Gasteiger partial charge is 0.488 e. The van der Waals surface area contributed by atoms with Crippen molar-refractivity contribution in [3.63, 3.8) is 0 Å². The second-order valence-corrected chi connectivity index (χ2v) is 10.7. The van der Waals surface area contributed by atoms with E-state index in [1.165, 1.54) is 6.42 Å². The maximum Gasteiger partial charge on any atom is 0.231 e. The van der Waals surface area contributed by atoms with Crippen molar-refractivity contribution in [2.45, 2.75) is 44.2 Å². The highest BCUT2D eigenvalue weighted by molar-refractivity contribution is 6.42. The number of aromatic nitrogens is 1. The van der Waals surface area contributed by atoms with Crippen LogP contribution in [0.3, 0.4) is 0 Å². The van der Waals surface area contributed by atoms with Gasteiger partial charge >= 0.3 is 0 Å². The molecule has 1 fully saturated rings. The Morgan fingerprint density at radius 1 is 1.06 bits per heavy atom. The predicted molar refractivity (Wildman–Crippen MR) is 135 cm³/mol. The van der Waals surface area contributed by atoms with Gasteiger partial charge in [0, 0.05) is 12.0 Å². The van der Waals surface area contributed by atoms with E-state index >= 15 is 0 Å². The van der Waals surface area contributed by atoms with E-state index in [0.717, 1.165) is 43.6 Å². The van der Waals surface area contributed by atoms with Gasteiger partial charge in [-0.05, 0) is 30.5 Å². The van der Waals surface area contributed by atoms with Crippen LogP contribution in [0.1, 0.15) is 49.3 Å². The zero-order valence-corrected chi connectivity index (χ0v) is 21.4. The molecule has 1 N–H and O–H groups in total. The zero-order chi connectivity index (χ0) is 24.2. The van der Waals surface area contributed by atoms with Gasteiger partial charge in [0.25, 0.3) is 0 Å². The molecule has 1 aromatic heterocycles. The van der Waals surface area contributed by atoms with Crippen LogP contribution in [0, 0.1) is 5.92 Å². The summed E-state index contributed by atoms with van der Waals surface area (Å²) in [4.78, 5) is 4.58. The molecule has 0 spiro atoms. The Balaban J connectivity index is 1.45. The van der Waals surface area contributed by atoms with Crippen molar-refractivity contribution >= 4 is 23.2 Å². The van der Waals surface area contributed by atoms with Gasteiger partial charge in [-0.3, -0.25) is 0 Å². The summed E-state index contributed by atoms with van der Waals surface area (Å²) < 4.78 is 12.7. The molecule has 7 heteroatoms. The van der Waals surface area contributed by atoms with Gasteiger partial charge in [-0.25, -0.2) is 4.98 Å². The van der Waals surface area contributed by atoms with Crippen LogP contribution in [0.4, 0.5) is 0 Å². The van der Waals surface area contributed by atoms with Crippen molar-refractivity contribution in [1.82, 2.24) is 4.98 Å². The fourth-order valence-electron chi connectivity index (χ4n) is 4.78. The van der Waals surface area contributed by atoms with Crippen LogP contribution in [-0.2, 0) is 12.1 Å². The number of rotatable bonds is 9. The number of benzene rings is 2. The molecule has 182 valence electrons. The molecule has 4 rings (SSSR count). The van der Waals surface area contributed by atoms with E-state index in [-0.39, 0.29) is 5.92 Å². The average molecular weight is 504 g/mol. The molecule has 0 bridgehead atoms. The fraction of sp³-hybridized carbons (Fsp3) is 0.444. The van der Waals surface area contributed by atoms with Crippen molar-refractivity contribution in [2.75, 3.05) is 27.2 Å². The lowest BCUT2D eigenvalue weighted by Crippen LogP contribution is -2.42. The summed E-state index contributed by atoms with van der Waals surface area (Å²) >= 11 is 12.0. The highest BCUT2D eigenvalue weighted by Crippen LogP contribution is 2.43. The molecule has 5 nitrogen and oxygen atoms in total. The minimum Gasteiger partial charge on any atom is -0.488 e. The highest BCUT2D eigenvalue weighted by Gasteiger charge is 2.44. The van der Waals surface area contributed by atoms with Gasteiger partial charge in [0.15, 0.2) is 11.4 Å². The van der Waals surface area contributed by atoms with Gasteiger partial charge in [-0.2, -0.15) is 0 Å². The van der Waals surface area contributed by atoms with Crippen LogP contribution in [0.2, 0.25) is 10.0 Å². The Labute approximate surface area is 211 Å². The number of likely N-dealkylation sites (N-methyl/N-ethyl adjacent to an activating group) is 1. The summed E-state index contributed by atoms with van der Waals surface area (Å²) in [5.74, 6) is 1.93. The summed E-state index contributed by atoms with van der Waals surface area (Å²) in [6, 6.07) is 15.1. The number of nitrogens with zero attached hydrogens (tertiary/aromatic N) is 2. The van der Waals surface area contributed by atoms with E-state index in [9.17, 15) is 5.11 Å². The molecule has 1 heterocycles. The van der Waals surface area contributed by atoms with Crippen LogP contribution in [-0.4, -0.2) is 41.8 Å². The van der Waals surface area contributed by atoms with Crippen molar-refractivity contribution in [3.05, 3.63) is 82.0 Å². The molecule has 3 aromatic rings. The molecule has 1 atom stereocenters. The molecule has 0 aliphatic heterocycles. The van der Waals surface area contributed by atoms with Crippen LogP contribution < -0.4 is 4.74 Å². The van der Waals surface area contributed by atoms with Crippen LogP contribution in [0.15, 0.2) is 59.1 Å². The topological polar surface area (TPSA) is 55.5 Å². The van der Waals surface area contributed by atoms with Gasteiger partial charge < -0.3 is 18.7 Å². The molecule has 1 aliphatic rings. The standard InChI is InChI=1S/C27H33Cl2N2O3/c1-31(2,15-16-33-22-13-14-24(28)25(29)17-22)19-23-18-30-26(34-23)27(32,20-9-5-3-6-10-20)21-11-7-4-8-12-21/h3,5-6,9-10,13-14,17-18,21,32H,4,7-8,11-12,15-16,19H2,1-2H3/q+1.